The van der Waals surface area contributed by atoms with E-state index >= 15 is 0 Å². The first-order valence-corrected chi connectivity index (χ1v) is 6.97. The molecule has 2 aromatic carbocycles. The van der Waals surface area contributed by atoms with Crippen LogP contribution >= 0.6 is 15.9 Å². The standard InChI is InChI=1S/C15H10BrFN2O2/c16-13-6-3-10(17)8-12(13)15-18-14(21-19-15)7-9-1-4-11(20)5-2-9/h1-6,8,20H,7H2. The molecule has 0 aliphatic carbocycles. The fourth-order valence-electron chi connectivity index (χ4n) is 1.89. The van der Waals surface area contributed by atoms with Crippen molar-refractivity contribution in [2.45, 2.75) is 6.42 Å². The average Bonchev–Trinajstić information content (AvgIpc) is 2.92. The van der Waals surface area contributed by atoms with E-state index in [2.05, 4.69) is 26.1 Å². The summed E-state index contributed by atoms with van der Waals surface area (Å²) in [5, 5.41) is 13.1. The van der Waals surface area contributed by atoms with Crippen molar-refractivity contribution in [2.24, 2.45) is 0 Å². The largest absolute Gasteiger partial charge is 0.508 e. The van der Waals surface area contributed by atoms with E-state index in [0.717, 1.165) is 5.56 Å². The number of hydrogen-bond donors (Lipinski definition) is 1. The number of aromatic hydroxyl groups is 1. The molecule has 0 aliphatic heterocycles. The van der Waals surface area contributed by atoms with Crippen molar-refractivity contribution < 1.29 is 14.0 Å². The van der Waals surface area contributed by atoms with Gasteiger partial charge in [-0.2, -0.15) is 4.98 Å². The quantitative estimate of drug-likeness (QED) is 0.778. The molecule has 0 bridgehead atoms. The van der Waals surface area contributed by atoms with E-state index < -0.39 is 0 Å². The van der Waals surface area contributed by atoms with Gasteiger partial charge in [0.15, 0.2) is 0 Å². The van der Waals surface area contributed by atoms with Gasteiger partial charge in [-0.3, -0.25) is 0 Å². The number of aromatic nitrogens is 2. The fraction of sp³-hybridized carbons (Fsp3) is 0.0667. The van der Waals surface area contributed by atoms with Crippen molar-refractivity contribution in [1.29, 1.82) is 0 Å². The van der Waals surface area contributed by atoms with E-state index in [9.17, 15) is 9.50 Å². The van der Waals surface area contributed by atoms with Gasteiger partial charge in [-0.05, 0) is 35.9 Å². The van der Waals surface area contributed by atoms with Crippen LogP contribution in [0, 0.1) is 5.82 Å². The maximum absolute atomic E-state index is 13.3. The molecular formula is C15H10BrFN2O2. The summed E-state index contributed by atoms with van der Waals surface area (Å²) in [7, 11) is 0. The zero-order valence-corrected chi connectivity index (χ0v) is 12.3. The molecule has 1 N–H and O–H groups in total. The Bertz CT molecular complexity index is 772. The van der Waals surface area contributed by atoms with Gasteiger partial charge in [-0.25, -0.2) is 4.39 Å². The molecule has 0 atom stereocenters. The highest BCUT2D eigenvalue weighted by Gasteiger charge is 2.13. The van der Waals surface area contributed by atoms with Crippen LogP contribution in [0.15, 0.2) is 51.5 Å². The van der Waals surface area contributed by atoms with Gasteiger partial charge in [0.1, 0.15) is 11.6 Å². The highest BCUT2D eigenvalue weighted by atomic mass is 79.9. The molecule has 0 spiro atoms. The Morgan fingerprint density at radius 2 is 1.90 bits per heavy atom. The molecule has 0 aliphatic rings. The smallest absolute Gasteiger partial charge is 0.231 e. The lowest BCUT2D eigenvalue weighted by molar-refractivity contribution is 0.385. The number of rotatable bonds is 3. The van der Waals surface area contributed by atoms with Crippen LogP contribution in [0.25, 0.3) is 11.4 Å². The predicted octanol–water partition coefficient (Wildman–Crippen LogP) is 3.93. The summed E-state index contributed by atoms with van der Waals surface area (Å²) in [5.74, 6) is 0.591. The molecule has 106 valence electrons. The molecule has 0 saturated carbocycles. The first-order chi connectivity index (χ1) is 10.1. The lowest BCUT2D eigenvalue weighted by Gasteiger charge is -1.98. The highest BCUT2D eigenvalue weighted by molar-refractivity contribution is 9.10. The lowest BCUT2D eigenvalue weighted by Crippen LogP contribution is -1.89. The van der Waals surface area contributed by atoms with E-state index in [0.29, 0.717) is 28.2 Å². The van der Waals surface area contributed by atoms with Crippen molar-refractivity contribution >= 4 is 15.9 Å². The summed E-state index contributed by atoms with van der Waals surface area (Å²) >= 11 is 3.34. The van der Waals surface area contributed by atoms with Gasteiger partial charge in [-0.15, -0.1) is 0 Å². The molecule has 21 heavy (non-hydrogen) atoms. The third-order valence-corrected chi connectivity index (χ3v) is 3.62. The summed E-state index contributed by atoms with van der Waals surface area (Å²) in [6.07, 6.45) is 0.445. The summed E-state index contributed by atoms with van der Waals surface area (Å²) in [6.45, 7) is 0. The molecule has 1 heterocycles. The van der Waals surface area contributed by atoms with Crippen LogP contribution in [0.4, 0.5) is 4.39 Å². The Balaban J connectivity index is 1.86. The third kappa shape index (κ3) is 3.11. The fourth-order valence-corrected chi connectivity index (χ4v) is 2.32. The van der Waals surface area contributed by atoms with E-state index in [1.807, 2.05) is 0 Å². The van der Waals surface area contributed by atoms with E-state index in [1.54, 1.807) is 30.3 Å². The highest BCUT2D eigenvalue weighted by Crippen LogP contribution is 2.27. The molecular weight excluding hydrogens is 339 g/mol. The molecule has 4 nitrogen and oxygen atoms in total. The Morgan fingerprint density at radius 1 is 1.14 bits per heavy atom. The van der Waals surface area contributed by atoms with Gasteiger partial charge in [0.2, 0.25) is 11.7 Å². The van der Waals surface area contributed by atoms with Gasteiger partial charge in [-0.1, -0.05) is 33.2 Å². The Labute approximate surface area is 128 Å². The predicted molar refractivity (Wildman–Crippen MR) is 78.3 cm³/mol. The monoisotopic (exact) mass is 348 g/mol. The van der Waals surface area contributed by atoms with Crippen molar-refractivity contribution in [3.8, 4) is 17.1 Å². The van der Waals surface area contributed by atoms with Crippen LogP contribution in [0.1, 0.15) is 11.5 Å². The number of benzene rings is 2. The maximum Gasteiger partial charge on any atom is 0.231 e. The Kier molecular flexibility index (Phi) is 3.70. The minimum absolute atomic E-state index is 0.202. The summed E-state index contributed by atoms with van der Waals surface area (Å²) in [4.78, 5) is 4.26. The molecule has 3 aromatic rings. The Morgan fingerprint density at radius 3 is 2.67 bits per heavy atom. The molecule has 0 amide bonds. The maximum atomic E-state index is 13.3. The molecule has 6 heteroatoms. The number of hydrogen-bond acceptors (Lipinski definition) is 4. The second kappa shape index (κ2) is 5.65. The van der Waals surface area contributed by atoms with E-state index in [-0.39, 0.29) is 11.6 Å². The number of phenols is 1. The summed E-state index contributed by atoms with van der Waals surface area (Å²) < 4.78 is 19.2. The third-order valence-electron chi connectivity index (χ3n) is 2.93. The Hall–Kier alpha value is -2.21. The molecule has 0 unspecified atom stereocenters. The van der Waals surface area contributed by atoms with Crippen molar-refractivity contribution in [3.05, 3.63) is 64.2 Å². The molecule has 0 fully saturated rings. The number of nitrogens with zero attached hydrogens (tertiary/aromatic N) is 2. The minimum atomic E-state index is -0.363. The van der Waals surface area contributed by atoms with Crippen LogP contribution in [0.5, 0.6) is 5.75 Å². The summed E-state index contributed by atoms with van der Waals surface area (Å²) in [6, 6.07) is 11.0. The van der Waals surface area contributed by atoms with Crippen LogP contribution < -0.4 is 0 Å². The van der Waals surface area contributed by atoms with Gasteiger partial charge in [0, 0.05) is 10.0 Å². The first kappa shape index (κ1) is 13.8. The zero-order chi connectivity index (χ0) is 14.8. The second-order valence-electron chi connectivity index (χ2n) is 4.48. The first-order valence-electron chi connectivity index (χ1n) is 6.18. The van der Waals surface area contributed by atoms with Gasteiger partial charge in [0.25, 0.3) is 0 Å². The molecule has 1 aromatic heterocycles. The molecule has 3 rings (SSSR count). The molecule has 0 radical (unpaired) electrons. The second-order valence-corrected chi connectivity index (χ2v) is 5.33. The van der Waals surface area contributed by atoms with Gasteiger partial charge < -0.3 is 9.63 Å². The van der Waals surface area contributed by atoms with E-state index in [1.165, 1.54) is 12.1 Å². The van der Waals surface area contributed by atoms with Crippen molar-refractivity contribution in [1.82, 2.24) is 10.1 Å². The lowest BCUT2D eigenvalue weighted by atomic mass is 10.1. The van der Waals surface area contributed by atoms with Crippen LogP contribution in [-0.4, -0.2) is 15.2 Å². The SMILES string of the molecule is Oc1ccc(Cc2nc(-c3cc(F)ccc3Br)no2)cc1. The topological polar surface area (TPSA) is 59.2 Å². The number of halogens is 2. The van der Waals surface area contributed by atoms with E-state index in [4.69, 9.17) is 4.52 Å². The van der Waals surface area contributed by atoms with Crippen molar-refractivity contribution in [3.63, 3.8) is 0 Å². The zero-order valence-electron chi connectivity index (χ0n) is 10.8. The summed E-state index contributed by atoms with van der Waals surface area (Å²) in [5.41, 5.74) is 1.47. The van der Waals surface area contributed by atoms with Gasteiger partial charge in [0.05, 0.1) is 6.42 Å². The van der Waals surface area contributed by atoms with Crippen molar-refractivity contribution in [2.75, 3.05) is 0 Å². The number of phenolic OH excluding ortho intramolecular Hbond substituents is 1. The van der Waals surface area contributed by atoms with Crippen LogP contribution in [0.2, 0.25) is 0 Å². The van der Waals surface area contributed by atoms with Crippen LogP contribution in [-0.2, 0) is 6.42 Å². The molecule has 0 saturated heterocycles. The normalized spacial score (nSPS) is 10.8. The minimum Gasteiger partial charge on any atom is -0.508 e. The van der Waals surface area contributed by atoms with Gasteiger partial charge >= 0.3 is 0 Å². The van der Waals surface area contributed by atoms with Crippen LogP contribution in [0.3, 0.4) is 0 Å². The average molecular weight is 349 g/mol.